The number of esters is 1. The van der Waals surface area contributed by atoms with E-state index in [1.807, 2.05) is 13.8 Å². The Bertz CT molecular complexity index is 480. The number of nitrogens with zero attached hydrogens (tertiary/aromatic N) is 1. The van der Waals surface area contributed by atoms with Gasteiger partial charge in [0.1, 0.15) is 11.8 Å². The fourth-order valence-corrected chi connectivity index (χ4v) is 1.84. The summed E-state index contributed by atoms with van der Waals surface area (Å²) in [6.45, 7) is 0.473. The lowest BCUT2D eigenvalue weighted by Gasteiger charge is -2.19. The lowest BCUT2D eigenvalue weighted by molar-refractivity contribution is -0.145. The van der Waals surface area contributed by atoms with Gasteiger partial charge in [0.2, 0.25) is 0 Å². The number of rotatable bonds is 6. The van der Waals surface area contributed by atoms with E-state index < -0.39 is 18.5 Å². The SMILES string of the molecule is CC(C)C(C(=O)OCC#N)c1ccc(OC(F)F)cc1. The van der Waals surface area contributed by atoms with Gasteiger partial charge in [0.05, 0.1) is 5.92 Å². The van der Waals surface area contributed by atoms with Crippen LogP contribution >= 0.6 is 0 Å². The molecule has 1 aromatic carbocycles. The van der Waals surface area contributed by atoms with Crippen LogP contribution in [0, 0.1) is 17.2 Å². The lowest BCUT2D eigenvalue weighted by atomic mass is 9.88. The average molecular weight is 283 g/mol. The minimum Gasteiger partial charge on any atom is -0.450 e. The monoisotopic (exact) mass is 283 g/mol. The van der Waals surface area contributed by atoms with E-state index in [0.717, 1.165) is 0 Å². The first-order valence-electron chi connectivity index (χ1n) is 6.04. The van der Waals surface area contributed by atoms with Crippen LogP contribution in [0.4, 0.5) is 8.78 Å². The fourth-order valence-electron chi connectivity index (χ4n) is 1.84. The highest BCUT2D eigenvalue weighted by molar-refractivity contribution is 5.78. The number of benzene rings is 1. The van der Waals surface area contributed by atoms with Crippen LogP contribution in [0.1, 0.15) is 25.3 Å². The number of ether oxygens (including phenoxy) is 2. The van der Waals surface area contributed by atoms with Gasteiger partial charge in [0.25, 0.3) is 0 Å². The Morgan fingerprint density at radius 1 is 1.30 bits per heavy atom. The van der Waals surface area contributed by atoms with Crippen molar-refractivity contribution in [3.8, 4) is 11.8 Å². The molecule has 0 aliphatic heterocycles. The highest BCUT2D eigenvalue weighted by atomic mass is 19.3. The molecule has 0 radical (unpaired) electrons. The number of hydrogen-bond donors (Lipinski definition) is 0. The van der Waals surface area contributed by atoms with Gasteiger partial charge < -0.3 is 9.47 Å². The van der Waals surface area contributed by atoms with Gasteiger partial charge in [-0.2, -0.15) is 14.0 Å². The van der Waals surface area contributed by atoms with Crippen molar-refractivity contribution in [2.75, 3.05) is 6.61 Å². The first-order chi connectivity index (χ1) is 9.45. The van der Waals surface area contributed by atoms with Gasteiger partial charge in [-0.3, -0.25) is 4.79 Å². The Morgan fingerprint density at radius 2 is 1.90 bits per heavy atom. The van der Waals surface area contributed by atoms with Gasteiger partial charge in [-0.15, -0.1) is 0 Å². The maximum atomic E-state index is 12.0. The zero-order valence-corrected chi connectivity index (χ0v) is 11.2. The summed E-state index contributed by atoms with van der Waals surface area (Å²) < 4.78 is 33.2. The van der Waals surface area contributed by atoms with Crippen molar-refractivity contribution in [3.63, 3.8) is 0 Å². The van der Waals surface area contributed by atoms with E-state index in [1.54, 1.807) is 6.07 Å². The number of halogens is 2. The summed E-state index contributed by atoms with van der Waals surface area (Å²) in [5.41, 5.74) is 0.629. The molecule has 0 bridgehead atoms. The Balaban J connectivity index is 2.87. The summed E-state index contributed by atoms with van der Waals surface area (Å²) in [5.74, 6) is -1.09. The zero-order chi connectivity index (χ0) is 15.1. The van der Waals surface area contributed by atoms with Crippen molar-refractivity contribution < 1.29 is 23.0 Å². The molecule has 4 nitrogen and oxygen atoms in total. The van der Waals surface area contributed by atoms with Crippen molar-refractivity contribution in [3.05, 3.63) is 29.8 Å². The van der Waals surface area contributed by atoms with Crippen LogP contribution in [-0.4, -0.2) is 19.2 Å². The van der Waals surface area contributed by atoms with Crippen LogP contribution in [0.5, 0.6) is 5.75 Å². The predicted octanol–water partition coefficient (Wildman–Crippen LogP) is 3.09. The first-order valence-corrected chi connectivity index (χ1v) is 6.04. The van der Waals surface area contributed by atoms with Crippen LogP contribution in [0.3, 0.4) is 0 Å². The molecular weight excluding hydrogens is 268 g/mol. The molecule has 108 valence electrons. The number of carbonyl (C=O) groups is 1. The molecule has 0 aliphatic carbocycles. The second-order valence-corrected chi connectivity index (χ2v) is 4.44. The topological polar surface area (TPSA) is 59.3 Å². The Labute approximate surface area is 115 Å². The molecule has 1 atom stereocenters. The van der Waals surface area contributed by atoms with Gasteiger partial charge in [-0.25, -0.2) is 0 Å². The van der Waals surface area contributed by atoms with Crippen LogP contribution < -0.4 is 4.74 Å². The maximum absolute atomic E-state index is 12.0. The number of alkyl halides is 2. The Kier molecular flexibility index (Phi) is 5.91. The molecule has 0 heterocycles. The van der Waals surface area contributed by atoms with Crippen LogP contribution in [0.15, 0.2) is 24.3 Å². The zero-order valence-electron chi connectivity index (χ0n) is 11.2. The molecule has 0 spiro atoms. The summed E-state index contributed by atoms with van der Waals surface area (Å²) in [6, 6.07) is 7.54. The predicted molar refractivity (Wildman–Crippen MR) is 67.2 cm³/mol. The molecule has 1 rings (SSSR count). The minimum absolute atomic E-state index is 0.0247. The normalized spacial score (nSPS) is 12.1. The van der Waals surface area contributed by atoms with Crippen molar-refractivity contribution in [1.82, 2.24) is 0 Å². The smallest absolute Gasteiger partial charge is 0.387 e. The largest absolute Gasteiger partial charge is 0.450 e. The van der Waals surface area contributed by atoms with E-state index in [-0.39, 0.29) is 18.3 Å². The molecule has 0 aliphatic rings. The van der Waals surface area contributed by atoms with Gasteiger partial charge in [0.15, 0.2) is 6.61 Å². The van der Waals surface area contributed by atoms with Crippen molar-refractivity contribution in [2.45, 2.75) is 26.4 Å². The van der Waals surface area contributed by atoms with Crippen LogP contribution in [0.2, 0.25) is 0 Å². The fraction of sp³-hybridized carbons (Fsp3) is 0.429. The van der Waals surface area contributed by atoms with Gasteiger partial charge in [0, 0.05) is 0 Å². The Morgan fingerprint density at radius 3 is 2.35 bits per heavy atom. The van der Waals surface area contributed by atoms with E-state index in [2.05, 4.69) is 4.74 Å². The third kappa shape index (κ3) is 4.50. The first kappa shape index (κ1) is 15.9. The van der Waals surface area contributed by atoms with Gasteiger partial charge >= 0.3 is 12.6 Å². The standard InChI is InChI=1S/C14H15F2NO3/c1-9(2)12(13(18)19-8-7-17)10-3-5-11(6-4-10)20-14(15)16/h3-6,9,12,14H,8H2,1-2H3. The van der Waals surface area contributed by atoms with E-state index in [1.165, 1.54) is 24.3 Å². The van der Waals surface area contributed by atoms with E-state index in [4.69, 9.17) is 10.00 Å². The third-order valence-electron chi connectivity index (χ3n) is 2.66. The maximum Gasteiger partial charge on any atom is 0.387 e. The molecular formula is C14H15F2NO3. The number of nitriles is 1. The van der Waals surface area contributed by atoms with E-state index >= 15 is 0 Å². The number of carbonyl (C=O) groups excluding carboxylic acids is 1. The molecule has 1 aromatic rings. The average Bonchev–Trinajstić information content (AvgIpc) is 2.37. The van der Waals surface area contributed by atoms with Crippen molar-refractivity contribution in [2.24, 2.45) is 5.92 Å². The summed E-state index contributed by atoms with van der Waals surface area (Å²) in [7, 11) is 0. The summed E-state index contributed by atoms with van der Waals surface area (Å²) in [6.07, 6.45) is 0. The highest BCUT2D eigenvalue weighted by Crippen LogP contribution is 2.27. The van der Waals surface area contributed by atoms with E-state index in [9.17, 15) is 13.6 Å². The quantitative estimate of drug-likeness (QED) is 0.753. The number of hydrogen-bond acceptors (Lipinski definition) is 4. The van der Waals surface area contributed by atoms with Gasteiger partial charge in [-0.1, -0.05) is 26.0 Å². The second kappa shape index (κ2) is 7.43. The molecule has 0 saturated heterocycles. The van der Waals surface area contributed by atoms with Crippen molar-refractivity contribution in [1.29, 1.82) is 5.26 Å². The Hall–Kier alpha value is -2.16. The second-order valence-electron chi connectivity index (χ2n) is 4.44. The molecule has 6 heteroatoms. The molecule has 20 heavy (non-hydrogen) atoms. The van der Waals surface area contributed by atoms with Crippen LogP contribution in [0.25, 0.3) is 0 Å². The third-order valence-corrected chi connectivity index (χ3v) is 2.66. The van der Waals surface area contributed by atoms with Gasteiger partial charge in [-0.05, 0) is 23.6 Å². The van der Waals surface area contributed by atoms with Crippen LogP contribution in [-0.2, 0) is 9.53 Å². The minimum atomic E-state index is -2.89. The molecule has 0 aromatic heterocycles. The molecule has 0 N–H and O–H groups in total. The highest BCUT2D eigenvalue weighted by Gasteiger charge is 2.25. The van der Waals surface area contributed by atoms with E-state index in [0.29, 0.717) is 5.56 Å². The molecule has 0 fully saturated rings. The molecule has 0 saturated carbocycles. The summed E-state index contributed by atoms with van der Waals surface area (Å²) in [5, 5.41) is 8.41. The molecule has 1 unspecified atom stereocenters. The summed E-state index contributed by atoms with van der Waals surface area (Å²) in [4.78, 5) is 11.9. The summed E-state index contributed by atoms with van der Waals surface area (Å²) >= 11 is 0. The van der Waals surface area contributed by atoms with Crippen molar-refractivity contribution >= 4 is 5.97 Å². The lowest BCUT2D eigenvalue weighted by Crippen LogP contribution is -2.21. The molecule has 0 amide bonds.